The molecule has 0 aliphatic carbocycles. The van der Waals surface area contributed by atoms with E-state index in [1.54, 1.807) is 44.2 Å². The lowest BCUT2D eigenvalue weighted by Crippen LogP contribution is -2.24. The summed E-state index contributed by atoms with van der Waals surface area (Å²) in [5.41, 5.74) is 3.88. The van der Waals surface area contributed by atoms with E-state index in [4.69, 9.17) is 9.47 Å². The molecule has 6 heteroatoms. The van der Waals surface area contributed by atoms with Crippen LogP contribution in [0.4, 0.5) is 5.69 Å². The number of benzene rings is 2. The first kappa shape index (κ1) is 23.0. The molecule has 6 nitrogen and oxygen atoms in total. The van der Waals surface area contributed by atoms with Crippen LogP contribution >= 0.6 is 0 Å². The van der Waals surface area contributed by atoms with Crippen LogP contribution in [-0.4, -0.2) is 31.6 Å². The number of methoxy groups -OCH3 is 1. The SMILES string of the molecule is CCOC(=O)c1ccc(N2C(=O)/C(=C\c3ccc(C(C)C)cc3)C(C(=O)OC)=C2C)cc1. The van der Waals surface area contributed by atoms with Crippen LogP contribution in [0.1, 0.15) is 55.1 Å². The molecule has 1 aliphatic heterocycles. The van der Waals surface area contributed by atoms with Gasteiger partial charge in [0.15, 0.2) is 0 Å². The average molecular weight is 434 g/mol. The summed E-state index contributed by atoms with van der Waals surface area (Å²) in [4.78, 5) is 39.3. The Labute approximate surface area is 188 Å². The molecule has 2 aromatic carbocycles. The van der Waals surface area contributed by atoms with Gasteiger partial charge in [-0.25, -0.2) is 9.59 Å². The normalized spacial score (nSPS) is 15.0. The van der Waals surface area contributed by atoms with Gasteiger partial charge in [-0.15, -0.1) is 0 Å². The number of esters is 2. The summed E-state index contributed by atoms with van der Waals surface area (Å²) in [5, 5.41) is 0. The van der Waals surface area contributed by atoms with Gasteiger partial charge in [0.1, 0.15) is 0 Å². The summed E-state index contributed by atoms with van der Waals surface area (Å²) in [5.74, 6) is -0.948. The monoisotopic (exact) mass is 433 g/mol. The molecule has 1 heterocycles. The zero-order chi connectivity index (χ0) is 23.4. The van der Waals surface area contributed by atoms with Gasteiger partial charge < -0.3 is 9.47 Å². The minimum Gasteiger partial charge on any atom is -0.465 e. The standard InChI is InChI=1S/C26H27NO5/c1-6-32-25(29)20-11-13-21(14-12-20)27-17(4)23(26(30)31-5)22(24(27)28)15-18-7-9-19(10-8-18)16(2)3/h7-16H,6H2,1-5H3/b22-15-. The van der Waals surface area contributed by atoms with E-state index in [1.807, 2.05) is 24.3 Å². The van der Waals surface area contributed by atoms with E-state index in [0.717, 1.165) is 5.56 Å². The van der Waals surface area contributed by atoms with Gasteiger partial charge in [0, 0.05) is 11.4 Å². The minimum atomic E-state index is -0.577. The van der Waals surface area contributed by atoms with E-state index < -0.39 is 11.9 Å². The molecule has 166 valence electrons. The third kappa shape index (κ3) is 4.49. The number of amides is 1. The highest BCUT2D eigenvalue weighted by Crippen LogP contribution is 2.35. The number of nitrogens with zero attached hydrogens (tertiary/aromatic N) is 1. The van der Waals surface area contributed by atoms with Crippen LogP contribution in [-0.2, 0) is 19.1 Å². The highest BCUT2D eigenvalue weighted by Gasteiger charge is 2.37. The molecule has 0 spiro atoms. The van der Waals surface area contributed by atoms with Gasteiger partial charge in [0.2, 0.25) is 0 Å². The van der Waals surface area contributed by atoms with Crippen LogP contribution in [0, 0.1) is 0 Å². The molecule has 0 saturated carbocycles. The van der Waals surface area contributed by atoms with Gasteiger partial charge in [-0.1, -0.05) is 38.1 Å². The number of hydrogen-bond donors (Lipinski definition) is 0. The van der Waals surface area contributed by atoms with Crippen LogP contribution < -0.4 is 4.90 Å². The Bertz CT molecular complexity index is 1090. The van der Waals surface area contributed by atoms with Crippen LogP contribution in [0.2, 0.25) is 0 Å². The second-order valence-corrected chi connectivity index (χ2v) is 7.74. The Balaban J connectivity index is 2.01. The Morgan fingerprint density at radius 3 is 2.16 bits per heavy atom. The van der Waals surface area contributed by atoms with E-state index in [-0.39, 0.29) is 23.7 Å². The van der Waals surface area contributed by atoms with Crippen molar-refractivity contribution in [1.82, 2.24) is 0 Å². The first-order chi connectivity index (χ1) is 15.3. The topological polar surface area (TPSA) is 72.9 Å². The fourth-order valence-electron chi connectivity index (χ4n) is 3.60. The highest BCUT2D eigenvalue weighted by molar-refractivity contribution is 6.23. The first-order valence-corrected chi connectivity index (χ1v) is 10.5. The van der Waals surface area contributed by atoms with E-state index >= 15 is 0 Å². The zero-order valence-electron chi connectivity index (χ0n) is 19.0. The minimum absolute atomic E-state index is 0.222. The zero-order valence-corrected chi connectivity index (χ0v) is 19.0. The molecule has 1 amide bonds. The Morgan fingerprint density at radius 2 is 1.62 bits per heavy atom. The van der Waals surface area contributed by atoms with Gasteiger partial charge in [0.05, 0.1) is 30.4 Å². The lowest BCUT2D eigenvalue weighted by molar-refractivity contribution is -0.136. The second kappa shape index (κ2) is 9.64. The van der Waals surface area contributed by atoms with E-state index in [1.165, 1.54) is 17.6 Å². The molecule has 0 atom stereocenters. The smallest absolute Gasteiger partial charge is 0.340 e. The maximum atomic E-state index is 13.4. The molecule has 3 rings (SSSR count). The Morgan fingerprint density at radius 1 is 1.00 bits per heavy atom. The van der Waals surface area contributed by atoms with Crippen LogP contribution in [0.25, 0.3) is 6.08 Å². The largest absolute Gasteiger partial charge is 0.465 e. The number of carbonyl (C=O) groups excluding carboxylic acids is 3. The summed E-state index contributed by atoms with van der Waals surface area (Å²) in [6.45, 7) is 7.94. The summed E-state index contributed by atoms with van der Waals surface area (Å²) in [6.07, 6.45) is 1.70. The van der Waals surface area contributed by atoms with Crippen molar-refractivity contribution in [3.63, 3.8) is 0 Å². The number of anilines is 1. The van der Waals surface area contributed by atoms with Crippen molar-refractivity contribution in [1.29, 1.82) is 0 Å². The average Bonchev–Trinajstić information content (AvgIpc) is 3.03. The third-order valence-electron chi connectivity index (χ3n) is 5.34. The van der Waals surface area contributed by atoms with Crippen molar-refractivity contribution < 1.29 is 23.9 Å². The van der Waals surface area contributed by atoms with Crippen molar-refractivity contribution >= 4 is 29.6 Å². The molecule has 0 radical (unpaired) electrons. The number of rotatable bonds is 6. The van der Waals surface area contributed by atoms with Gasteiger partial charge in [-0.2, -0.15) is 0 Å². The molecule has 1 aliphatic rings. The third-order valence-corrected chi connectivity index (χ3v) is 5.34. The van der Waals surface area contributed by atoms with E-state index in [0.29, 0.717) is 22.9 Å². The second-order valence-electron chi connectivity index (χ2n) is 7.74. The lowest BCUT2D eigenvalue weighted by Gasteiger charge is -2.18. The van der Waals surface area contributed by atoms with Gasteiger partial charge >= 0.3 is 11.9 Å². The number of carbonyl (C=O) groups is 3. The Kier molecular flexibility index (Phi) is 6.93. The predicted octanol–water partition coefficient (Wildman–Crippen LogP) is 4.86. The quantitative estimate of drug-likeness (QED) is 0.480. The molecule has 0 fully saturated rings. The summed E-state index contributed by atoms with van der Waals surface area (Å²) >= 11 is 0. The van der Waals surface area contributed by atoms with Crippen molar-refractivity contribution in [3.05, 3.63) is 82.1 Å². The maximum Gasteiger partial charge on any atom is 0.340 e. The van der Waals surface area contributed by atoms with Crippen molar-refractivity contribution in [2.45, 2.75) is 33.6 Å². The molecular formula is C26H27NO5. The molecule has 2 aromatic rings. The molecule has 0 aromatic heterocycles. The van der Waals surface area contributed by atoms with Crippen LogP contribution in [0.3, 0.4) is 0 Å². The van der Waals surface area contributed by atoms with E-state index in [9.17, 15) is 14.4 Å². The molecule has 0 N–H and O–H groups in total. The summed E-state index contributed by atoms with van der Waals surface area (Å²) in [6, 6.07) is 14.4. The first-order valence-electron chi connectivity index (χ1n) is 10.5. The van der Waals surface area contributed by atoms with Crippen LogP contribution in [0.15, 0.2) is 65.4 Å². The fraction of sp³-hybridized carbons (Fsp3) is 0.269. The number of allylic oxidation sites excluding steroid dienone is 1. The van der Waals surface area contributed by atoms with E-state index in [2.05, 4.69) is 13.8 Å². The maximum absolute atomic E-state index is 13.4. The Hall–Kier alpha value is -3.67. The molecular weight excluding hydrogens is 406 g/mol. The van der Waals surface area contributed by atoms with Crippen molar-refractivity contribution in [2.24, 2.45) is 0 Å². The molecule has 0 bridgehead atoms. The number of hydrogen-bond acceptors (Lipinski definition) is 5. The molecule has 0 unspecified atom stereocenters. The predicted molar refractivity (Wildman–Crippen MR) is 123 cm³/mol. The molecule has 0 saturated heterocycles. The molecule has 32 heavy (non-hydrogen) atoms. The highest BCUT2D eigenvalue weighted by atomic mass is 16.5. The van der Waals surface area contributed by atoms with Crippen molar-refractivity contribution in [2.75, 3.05) is 18.6 Å². The van der Waals surface area contributed by atoms with Crippen LogP contribution in [0.5, 0.6) is 0 Å². The number of ether oxygens (including phenoxy) is 2. The van der Waals surface area contributed by atoms with Gasteiger partial charge in [0.25, 0.3) is 5.91 Å². The summed E-state index contributed by atoms with van der Waals surface area (Å²) in [7, 11) is 1.29. The fourth-order valence-corrected chi connectivity index (χ4v) is 3.60. The van der Waals surface area contributed by atoms with Gasteiger partial charge in [-0.05, 0) is 61.2 Å². The van der Waals surface area contributed by atoms with Gasteiger partial charge in [-0.3, -0.25) is 9.69 Å². The van der Waals surface area contributed by atoms with Crippen molar-refractivity contribution in [3.8, 4) is 0 Å². The lowest BCUT2D eigenvalue weighted by atomic mass is 9.99. The summed E-state index contributed by atoms with van der Waals surface area (Å²) < 4.78 is 9.96.